The Hall–Kier alpha value is -1.35. The summed E-state index contributed by atoms with van der Waals surface area (Å²) in [5.41, 5.74) is 0. The number of rotatable bonds is 43. The van der Waals surface area contributed by atoms with Crippen LogP contribution in [0.15, 0.2) is 0 Å². The Morgan fingerprint density at radius 3 is 1.20 bits per heavy atom. The molecule has 1 aliphatic heterocycles. The van der Waals surface area contributed by atoms with E-state index in [0.717, 1.165) is 38.5 Å². The molecule has 1 saturated heterocycles. The molecule has 362 valence electrons. The van der Waals surface area contributed by atoms with Crippen molar-refractivity contribution in [2.24, 2.45) is 0 Å². The molecule has 61 heavy (non-hydrogen) atoms. The van der Waals surface area contributed by atoms with Crippen molar-refractivity contribution in [1.29, 1.82) is 0 Å². The van der Waals surface area contributed by atoms with Crippen molar-refractivity contribution in [1.82, 2.24) is 0 Å². The number of unbranched alkanes of at least 4 members (excludes halogenated alkanes) is 31. The number of esters is 2. The Morgan fingerprint density at radius 1 is 0.492 bits per heavy atom. The first-order chi connectivity index (χ1) is 29.5. The van der Waals surface area contributed by atoms with Crippen molar-refractivity contribution in [2.75, 3.05) is 19.0 Å². The van der Waals surface area contributed by atoms with Gasteiger partial charge in [-0.05, 0) is 12.8 Å². The molecule has 12 nitrogen and oxygen atoms in total. The SMILES string of the molecule is CCCCCCCCCCCCCCCCCCCCCCCCCC(=O)O[C@H](COC(=O)CCCCCCCCCCCC)CO[C@H]1O[C@H](CS(=O)(=O)O)[C@@H](O)C(O)C1O. The Morgan fingerprint density at radius 2 is 0.836 bits per heavy atom. The van der Waals surface area contributed by atoms with Crippen LogP contribution in [0.4, 0.5) is 0 Å². The first kappa shape index (κ1) is 57.7. The fraction of sp³-hybridized carbons (Fsp3) is 0.958. The second-order valence-electron chi connectivity index (χ2n) is 17.9. The van der Waals surface area contributed by atoms with Crippen LogP contribution >= 0.6 is 0 Å². The van der Waals surface area contributed by atoms with Crippen LogP contribution in [0.1, 0.15) is 239 Å². The summed E-state index contributed by atoms with van der Waals surface area (Å²) in [5, 5.41) is 30.9. The fourth-order valence-electron chi connectivity index (χ4n) is 8.03. The van der Waals surface area contributed by atoms with Crippen LogP contribution in [0.2, 0.25) is 0 Å². The van der Waals surface area contributed by atoms with E-state index in [-0.39, 0.29) is 19.4 Å². The van der Waals surface area contributed by atoms with E-state index < -0.39 is 71.2 Å². The molecule has 0 radical (unpaired) electrons. The fourth-order valence-corrected chi connectivity index (χ4v) is 8.72. The molecule has 1 heterocycles. The maximum absolute atomic E-state index is 12.8. The van der Waals surface area contributed by atoms with Gasteiger partial charge in [0.25, 0.3) is 10.1 Å². The predicted molar refractivity (Wildman–Crippen MR) is 243 cm³/mol. The van der Waals surface area contributed by atoms with Gasteiger partial charge >= 0.3 is 11.9 Å². The van der Waals surface area contributed by atoms with Crippen molar-refractivity contribution in [2.45, 2.75) is 275 Å². The molecule has 4 N–H and O–H groups in total. The zero-order valence-electron chi connectivity index (χ0n) is 38.8. The van der Waals surface area contributed by atoms with Crippen molar-refractivity contribution in [3.63, 3.8) is 0 Å². The number of aliphatic hydroxyl groups is 3. The average molecular weight is 893 g/mol. The standard InChI is InChI=1S/C48H92O12S/c1-3-5-7-9-11-13-15-16-17-18-19-20-21-22-23-24-25-26-27-29-31-33-35-37-44(50)59-41(38-57-43(49)36-34-32-30-28-14-12-10-8-6-4-2)39-58-48-47(53)46(52)45(51)42(60-48)40-61(54,55)56/h41-42,45-48,51-53H,3-40H2,1-2H3,(H,54,55,56)/t41-,42-,45-,46?,47?,48+/m1/s1. The van der Waals surface area contributed by atoms with Gasteiger partial charge in [0, 0.05) is 12.8 Å². The normalized spacial score (nSPS) is 19.9. The van der Waals surface area contributed by atoms with Gasteiger partial charge in [0.15, 0.2) is 12.4 Å². The number of aliphatic hydroxyl groups excluding tert-OH is 3. The lowest BCUT2D eigenvalue weighted by atomic mass is 10.00. The van der Waals surface area contributed by atoms with Crippen LogP contribution in [0.25, 0.3) is 0 Å². The average Bonchev–Trinajstić information content (AvgIpc) is 3.22. The van der Waals surface area contributed by atoms with E-state index in [0.29, 0.717) is 12.8 Å². The van der Waals surface area contributed by atoms with Gasteiger partial charge in [-0.2, -0.15) is 8.42 Å². The summed E-state index contributed by atoms with van der Waals surface area (Å²) in [6, 6.07) is 0. The summed E-state index contributed by atoms with van der Waals surface area (Å²) in [4.78, 5) is 25.4. The lowest BCUT2D eigenvalue weighted by molar-refractivity contribution is -0.297. The minimum Gasteiger partial charge on any atom is -0.462 e. The van der Waals surface area contributed by atoms with Crippen molar-refractivity contribution in [3.8, 4) is 0 Å². The maximum atomic E-state index is 12.8. The molecule has 0 saturated carbocycles. The number of carbonyl (C=O) groups excluding carboxylic acids is 2. The lowest BCUT2D eigenvalue weighted by Crippen LogP contribution is -2.60. The molecule has 1 fully saturated rings. The van der Waals surface area contributed by atoms with Crippen LogP contribution < -0.4 is 0 Å². The Labute approximate surface area is 372 Å². The van der Waals surface area contributed by atoms with E-state index in [2.05, 4.69) is 13.8 Å². The summed E-state index contributed by atoms with van der Waals surface area (Å²) in [7, 11) is -4.60. The van der Waals surface area contributed by atoms with Gasteiger partial charge < -0.3 is 34.3 Å². The van der Waals surface area contributed by atoms with Crippen LogP contribution in [-0.2, 0) is 38.7 Å². The van der Waals surface area contributed by atoms with Gasteiger partial charge in [-0.1, -0.05) is 213 Å². The molecule has 13 heteroatoms. The molecular formula is C48H92O12S. The van der Waals surface area contributed by atoms with Crippen LogP contribution in [0.5, 0.6) is 0 Å². The molecule has 0 spiro atoms. The van der Waals surface area contributed by atoms with Crippen LogP contribution in [0, 0.1) is 0 Å². The zero-order chi connectivity index (χ0) is 44.8. The van der Waals surface area contributed by atoms with Crippen molar-refractivity contribution in [3.05, 3.63) is 0 Å². The highest BCUT2D eigenvalue weighted by molar-refractivity contribution is 7.85. The summed E-state index contributed by atoms with van der Waals surface area (Å²) in [6.07, 6.45) is 31.6. The Kier molecular flexibility index (Phi) is 36.9. The molecule has 0 aromatic carbocycles. The quantitative estimate of drug-likeness (QED) is 0.0258. The maximum Gasteiger partial charge on any atom is 0.306 e. The van der Waals surface area contributed by atoms with E-state index in [1.807, 2.05) is 0 Å². The second kappa shape index (κ2) is 39.1. The van der Waals surface area contributed by atoms with Gasteiger partial charge in [-0.15, -0.1) is 0 Å². The van der Waals surface area contributed by atoms with Crippen molar-refractivity contribution >= 4 is 22.1 Å². The highest BCUT2D eigenvalue weighted by Gasteiger charge is 2.46. The molecule has 0 amide bonds. The van der Waals surface area contributed by atoms with Crippen molar-refractivity contribution < 1.29 is 56.8 Å². The minimum atomic E-state index is -4.60. The molecule has 1 aliphatic rings. The third kappa shape index (κ3) is 33.8. The monoisotopic (exact) mass is 893 g/mol. The van der Waals surface area contributed by atoms with E-state index in [1.165, 1.54) is 161 Å². The predicted octanol–water partition coefficient (Wildman–Crippen LogP) is 10.8. The second-order valence-corrected chi connectivity index (χ2v) is 19.3. The Bertz CT molecular complexity index is 1140. The number of ether oxygens (including phenoxy) is 4. The molecule has 1 rings (SSSR count). The first-order valence-corrected chi connectivity index (χ1v) is 26.7. The van der Waals surface area contributed by atoms with E-state index in [4.69, 9.17) is 18.9 Å². The highest BCUT2D eigenvalue weighted by Crippen LogP contribution is 2.24. The molecular weight excluding hydrogens is 801 g/mol. The summed E-state index contributed by atoms with van der Waals surface area (Å²) in [5.74, 6) is -1.96. The van der Waals surface area contributed by atoms with Crippen LogP contribution in [-0.4, -0.2) is 96.0 Å². The molecule has 0 aromatic rings. The number of hydrogen-bond acceptors (Lipinski definition) is 11. The van der Waals surface area contributed by atoms with Gasteiger partial charge in [-0.25, -0.2) is 0 Å². The molecule has 6 atom stereocenters. The summed E-state index contributed by atoms with van der Waals surface area (Å²) < 4.78 is 54.1. The minimum absolute atomic E-state index is 0.173. The van der Waals surface area contributed by atoms with Gasteiger partial charge in [0.05, 0.1) is 6.61 Å². The Balaban J connectivity index is 2.30. The van der Waals surface area contributed by atoms with Crippen LogP contribution in [0.3, 0.4) is 0 Å². The molecule has 0 aromatic heterocycles. The first-order valence-electron chi connectivity index (χ1n) is 25.1. The van der Waals surface area contributed by atoms with Gasteiger partial charge in [-0.3, -0.25) is 14.1 Å². The summed E-state index contributed by atoms with van der Waals surface area (Å²) in [6.45, 7) is 3.78. The van der Waals surface area contributed by atoms with E-state index in [9.17, 15) is 37.9 Å². The lowest BCUT2D eigenvalue weighted by Gasteiger charge is -2.40. The number of hydrogen-bond donors (Lipinski definition) is 4. The third-order valence-electron chi connectivity index (χ3n) is 11.9. The van der Waals surface area contributed by atoms with E-state index in [1.54, 1.807) is 0 Å². The summed E-state index contributed by atoms with van der Waals surface area (Å²) >= 11 is 0. The highest BCUT2D eigenvalue weighted by atomic mass is 32.2. The topological polar surface area (TPSA) is 186 Å². The van der Waals surface area contributed by atoms with Gasteiger partial charge in [0.1, 0.15) is 36.8 Å². The molecule has 0 bridgehead atoms. The number of carbonyl (C=O) groups is 2. The van der Waals surface area contributed by atoms with Gasteiger partial charge in [0.2, 0.25) is 0 Å². The molecule has 2 unspecified atom stereocenters. The van der Waals surface area contributed by atoms with E-state index >= 15 is 0 Å². The third-order valence-corrected chi connectivity index (χ3v) is 12.7. The largest absolute Gasteiger partial charge is 0.462 e. The molecule has 0 aliphatic carbocycles. The smallest absolute Gasteiger partial charge is 0.306 e. The zero-order valence-corrected chi connectivity index (χ0v) is 39.6.